The van der Waals surface area contributed by atoms with Gasteiger partial charge in [-0.15, -0.1) is 0 Å². The fourth-order valence-corrected chi connectivity index (χ4v) is 3.18. The highest BCUT2D eigenvalue weighted by Gasteiger charge is 2.50. The van der Waals surface area contributed by atoms with Gasteiger partial charge in [-0.3, -0.25) is 0 Å². The van der Waals surface area contributed by atoms with Gasteiger partial charge in [0.25, 0.3) is 0 Å². The highest BCUT2D eigenvalue weighted by molar-refractivity contribution is 9.10. The third kappa shape index (κ3) is 1.88. The summed E-state index contributed by atoms with van der Waals surface area (Å²) >= 11 is 3.41. The molecule has 1 spiro atoms. The monoisotopic (exact) mass is 298 g/mol. The zero-order valence-corrected chi connectivity index (χ0v) is 11.2. The van der Waals surface area contributed by atoms with Crippen LogP contribution in [-0.4, -0.2) is 23.9 Å². The van der Waals surface area contributed by atoms with E-state index in [1.807, 2.05) is 18.2 Å². The maximum absolute atomic E-state index is 10.2. The Labute approximate surface area is 109 Å². The predicted octanol–water partition coefficient (Wildman–Crippen LogP) is 2.81. The van der Waals surface area contributed by atoms with Crippen LogP contribution in [0.15, 0.2) is 22.7 Å². The van der Waals surface area contributed by atoms with Crippen LogP contribution in [0.3, 0.4) is 0 Å². The second kappa shape index (κ2) is 3.97. The summed E-state index contributed by atoms with van der Waals surface area (Å²) in [4.78, 5) is 0. The summed E-state index contributed by atoms with van der Waals surface area (Å²) in [5, 5.41) is 10.2. The van der Waals surface area contributed by atoms with Gasteiger partial charge in [0, 0.05) is 36.4 Å². The lowest BCUT2D eigenvalue weighted by molar-refractivity contribution is -0.139. The lowest BCUT2D eigenvalue weighted by Gasteiger charge is -2.50. The van der Waals surface area contributed by atoms with Gasteiger partial charge in [0.1, 0.15) is 11.4 Å². The molecule has 1 aliphatic heterocycles. The van der Waals surface area contributed by atoms with E-state index in [1.54, 1.807) is 7.11 Å². The first-order valence-corrected chi connectivity index (χ1v) is 6.60. The summed E-state index contributed by atoms with van der Waals surface area (Å²) in [5.41, 5.74) is 0.673. The molecule has 1 atom stereocenters. The minimum atomic E-state index is -0.436. The van der Waals surface area contributed by atoms with Gasteiger partial charge in [-0.1, -0.05) is 15.9 Å². The average molecular weight is 299 g/mol. The van der Waals surface area contributed by atoms with Gasteiger partial charge in [-0.2, -0.15) is 0 Å². The highest BCUT2D eigenvalue weighted by Crippen LogP contribution is 2.49. The third-order valence-electron chi connectivity index (χ3n) is 3.76. The van der Waals surface area contributed by atoms with Gasteiger partial charge in [0.05, 0.1) is 12.2 Å². The van der Waals surface area contributed by atoms with Crippen molar-refractivity contribution in [1.82, 2.24) is 0 Å². The zero-order chi connectivity index (χ0) is 12.0. The van der Waals surface area contributed by atoms with E-state index < -0.39 is 6.10 Å². The molecule has 1 aromatic rings. The Morgan fingerprint density at radius 3 is 2.88 bits per heavy atom. The number of ether oxygens (including phenoxy) is 2. The molecule has 1 heterocycles. The number of hydrogen-bond acceptors (Lipinski definition) is 3. The normalized spacial score (nSPS) is 35.0. The van der Waals surface area contributed by atoms with Crippen LogP contribution >= 0.6 is 15.9 Å². The topological polar surface area (TPSA) is 38.7 Å². The molecule has 1 fully saturated rings. The van der Waals surface area contributed by atoms with Crippen molar-refractivity contribution in [2.45, 2.75) is 37.1 Å². The summed E-state index contributed by atoms with van der Waals surface area (Å²) in [7, 11) is 1.72. The lowest BCUT2D eigenvalue weighted by atomic mass is 9.71. The summed E-state index contributed by atoms with van der Waals surface area (Å²) in [6.45, 7) is 0. The Balaban J connectivity index is 1.87. The summed E-state index contributed by atoms with van der Waals surface area (Å²) in [6, 6.07) is 5.79. The Kier molecular flexibility index (Phi) is 2.69. The van der Waals surface area contributed by atoms with Crippen LogP contribution in [0.2, 0.25) is 0 Å². The highest BCUT2D eigenvalue weighted by atomic mass is 79.9. The molecule has 0 saturated heterocycles. The first-order chi connectivity index (χ1) is 8.12. The van der Waals surface area contributed by atoms with E-state index in [9.17, 15) is 5.11 Å². The van der Waals surface area contributed by atoms with Gasteiger partial charge < -0.3 is 14.6 Å². The molecule has 1 N–H and O–H groups in total. The van der Waals surface area contributed by atoms with Crippen LogP contribution in [0.4, 0.5) is 0 Å². The van der Waals surface area contributed by atoms with Gasteiger partial charge in [-0.25, -0.2) is 0 Å². The Hall–Kier alpha value is -0.580. The number of methoxy groups -OCH3 is 1. The first kappa shape index (κ1) is 11.5. The van der Waals surface area contributed by atoms with Crippen LogP contribution < -0.4 is 4.74 Å². The van der Waals surface area contributed by atoms with E-state index in [2.05, 4.69) is 15.9 Å². The number of fused-ring (bicyclic) bond motifs is 1. The van der Waals surface area contributed by atoms with Crippen molar-refractivity contribution >= 4 is 15.9 Å². The molecule has 92 valence electrons. The molecule has 0 unspecified atom stereocenters. The molecule has 0 radical (unpaired) electrons. The summed E-state index contributed by atoms with van der Waals surface area (Å²) in [5.74, 6) is 0.807. The SMILES string of the molecule is COC1CC2(C1)C[C@H](O)c1cc(Br)ccc1O2. The number of rotatable bonds is 1. The zero-order valence-electron chi connectivity index (χ0n) is 9.65. The Morgan fingerprint density at radius 2 is 2.18 bits per heavy atom. The molecule has 1 aliphatic carbocycles. The van der Waals surface area contributed by atoms with Crippen molar-refractivity contribution in [3.05, 3.63) is 28.2 Å². The van der Waals surface area contributed by atoms with Gasteiger partial charge >= 0.3 is 0 Å². The van der Waals surface area contributed by atoms with Crippen molar-refractivity contribution in [3.63, 3.8) is 0 Å². The van der Waals surface area contributed by atoms with E-state index in [0.29, 0.717) is 6.42 Å². The predicted molar refractivity (Wildman–Crippen MR) is 67.1 cm³/mol. The molecule has 1 aromatic carbocycles. The van der Waals surface area contributed by atoms with Crippen molar-refractivity contribution in [2.24, 2.45) is 0 Å². The molecule has 0 bridgehead atoms. The van der Waals surface area contributed by atoms with E-state index in [4.69, 9.17) is 9.47 Å². The quantitative estimate of drug-likeness (QED) is 0.866. The van der Waals surface area contributed by atoms with E-state index in [1.165, 1.54) is 0 Å². The van der Waals surface area contributed by atoms with E-state index in [-0.39, 0.29) is 11.7 Å². The van der Waals surface area contributed by atoms with E-state index >= 15 is 0 Å². The number of halogens is 1. The van der Waals surface area contributed by atoms with Crippen LogP contribution in [0.1, 0.15) is 30.9 Å². The van der Waals surface area contributed by atoms with Gasteiger partial charge in [-0.05, 0) is 18.2 Å². The smallest absolute Gasteiger partial charge is 0.126 e. The lowest BCUT2D eigenvalue weighted by Crippen LogP contribution is -2.54. The first-order valence-electron chi connectivity index (χ1n) is 5.81. The van der Waals surface area contributed by atoms with Gasteiger partial charge in [0.15, 0.2) is 0 Å². The Bertz CT molecular complexity index is 440. The van der Waals surface area contributed by atoms with Crippen molar-refractivity contribution in [2.75, 3.05) is 7.11 Å². The molecule has 17 heavy (non-hydrogen) atoms. The maximum atomic E-state index is 10.2. The van der Waals surface area contributed by atoms with Crippen LogP contribution in [0, 0.1) is 0 Å². The molecule has 0 aromatic heterocycles. The fourth-order valence-electron chi connectivity index (χ4n) is 2.80. The number of aliphatic hydroxyl groups is 1. The molecule has 4 heteroatoms. The molecule has 0 amide bonds. The van der Waals surface area contributed by atoms with Crippen molar-refractivity contribution in [1.29, 1.82) is 0 Å². The van der Waals surface area contributed by atoms with Crippen LogP contribution in [0.5, 0.6) is 5.75 Å². The minimum Gasteiger partial charge on any atom is -0.487 e. The largest absolute Gasteiger partial charge is 0.487 e. The molecule has 1 saturated carbocycles. The van der Waals surface area contributed by atoms with E-state index in [0.717, 1.165) is 28.6 Å². The fraction of sp³-hybridized carbons (Fsp3) is 0.538. The van der Waals surface area contributed by atoms with Crippen molar-refractivity contribution < 1.29 is 14.6 Å². The molecular formula is C13H15BrO3. The Morgan fingerprint density at radius 1 is 1.41 bits per heavy atom. The van der Waals surface area contributed by atoms with Crippen molar-refractivity contribution in [3.8, 4) is 5.75 Å². The minimum absolute atomic E-state index is 0.207. The van der Waals surface area contributed by atoms with Crippen LogP contribution in [0.25, 0.3) is 0 Å². The summed E-state index contributed by atoms with van der Waals surface area (Å²) < 4.78 is 12.3. The molecular weight excluding hydrogens is 284 g/mol. The maximum Gasteiger partial charge on any atom is 0.126 e. The molecule has 2 aliphatic rings. The third-order valence-corrected chi connectivity index (χ3v) is 4.25. The number of aliphatic hydroxyl groups excluding tert-OH is 1. The summed E-state index contributed by atoms with van der Waals surface area (Å²) in [6.07, 6.45) is 2.25. The number of benzene rings is 1. The molecule has 3 rings (SSSR count). The standard InChI is InChI=1S/C13H15BrO3/c1-16-9-5-13(6-9)7-11(15)10-4-8(14)2-3-12(10)17-13/h2-4,9,11,15H,5-7H2,1H3/t9?,11-,13?/m0/s1. The second-order valence-electron chi connectivity index (χ2n) is 4.95. The van der Waals surface area contributed by atoms with Crippen LogP contribution in [-0.2, 0) is 4.74 Å². The molecule has 3 nitrogen and oxygen atoms in total. The average Bonchev–Trinajstić information content (AvgIpc) is 2.26. The van der Waals surface area contributed by atoms with Gasteiger partial charge in [0.2, 0.25) is 0 Å². The second-order valence-corrected chi connectivity index (χ2v) is 5.87. The number of hydrogen-bond donors (Lipinski definition) is 1.